The molecule has 4 aliphatic rings. The molecular weight excluding hydrogens is 483 g/mol. The van der Waals surface area contributed by atoms with E-state index in [1.807, 2.05) is 13.8 Å². The van der Waals surface area contributed by atoms with Crippen LogP contribution in [-0.2, 0) is 4.84 Å². The Morgan fingerprint density at radius 1 is 1.08 bits per heavy atom. The van der Waals surface area contributed by atoms with E-state index in [2.05, 4.69) is 24.3 Å². The van der Waals surface area contributed by atoms with Crippen molar-refractivity contribution in [1.29, 1.82) is 0 Å². The Balaban J connectivity index is 1.42. The molecule has 0 bridgehead atoms. The van der Waals surface area contributed by atoms with Gasteiger partial charge in [-0.05, 0) is 106 Å². The minimum absolute atomic E-state index is 0.0647. The highest BCUT2D eigenvalue weighted by molar-refractivity contribution is 5.85. The van der Waals surface area contributed by atoms with Crippen molar-refractivity contribution in [2.24, 2.45) is 45.6 Å². The van der Waals surface area contributed by atoms with Crippen LogP contribution in [0.1, 0.15) is 85.5 Å². The number of nitrogens with zero attached hydrogens (tertiary/aromatic N) is 2. The van der Waals surface area contributed by atoms with Crippen LogP contribution in [0.4, 0.5) is 18.0 Å². The molecule has 0 spiro atoms. The highest BCUT2D eigenvalue weighted by atomic mass is 19.4. The first-order chi connectivity index (χ1) is 17.4. The molecule has 0 aromatic heterocycles. The summed E-state index contributed by atoms with van der Waals surface area (Å²) in [5.74, 6) is 2.74. The van der Waals surface area contributed by atoms with Crippen LogP contribution >= 0.6 is 0 Å². The molecular formula is C28H46F3N3O3. The second-order valence-electron chi connectivity index (χ2n) is 12.7. The summed E-state index contributed by atoms with van der Waals surface area (Å²) in [5, 5.41) is 17.3. The molecule has 37 heavy (non-hydrogen) atoms. The average Bonchev–Trinajstić information content (AvgIpc) is 3.19. The van der Waals surface area contributed by atoms with Crippen LogP contribution in [-0.4, -0.2) is 60.3 Å². The lowest BCUT2D eigenvalue weighted by Gasteiger charge is -2.61. The smallest absolute Gasteiger partial charge is 0.393 e. The quantitative estimate of drug-likeness (QED) is 0.184. The normalized spacial score (nSPS) is 39.9. The highest BCUT2D eigenvalue weighted by Crippen LogP contribution is 2.67. The van der Waals surface area contributed by atoms with Crippen molar-refractivity contribution in [2.75, 3.05) is 26.2 Å². The number of oxime groups is 1. The first-order valence-electron chi connectivity index (χ1n) is 14.3. The summed E-state index contributed by atoms with van der Waals surface area (Å²) in [6.07, 6.45) is 4.06. The number of rotatable bonds is 7. The zero-order valence-electron chi connectivity index (χ0n) is 22.9. The third-order valence-electron chi connectivity index (χ3n) is 10.8. The summed E-state index contributed by atoms with van der Waals surface area (Å²) in [6.45, 7) is 7.98. The molecule has 0 aliphatic heterocycles. The first kappa shape index (κ1) is 28.7. The molecule has 4 fully saturated rings. The maximum absolute atomic E-state index is 13.0. The highest BCUT2D eigenvalue weighted by Gasteiger charge is 2.60. The molecule has 9 heteroatoms. The Hall–Kier alpha value is -1.35. The topological polar surface area (TPSA) is 74.2 Å². The van der Waals surface area contributed by atoms with Gasteiger partial charge in [-0.3, -0.25) is 9.74 Å². The van der Waals surface area contributed by atoms with Gasteiger partial charge >= 0.3 is 12.3 Å². The molecule has 2 N–H and O–H groups in total. The zero-order chi connectivity index (χ0) is 27.0. The van der Waals surface area contributed by atoms with Crippen LogP contribution in [0.3, 0.4) is 0 Å². The van der Waals surface area contributed by atoms with Gasteiger partial charge in [0.15, 0.2) is 0 Å². The van der Waals surface area contributed by atoms with E-state index in [9.17, 15) is 23.1 Å². The number of hydrogen-bond donors (Lipinski definition) is 2. The summed E-state index contributed by atoms with van der Waals surface area (Å²) in [6, 6.07) is 0. The van der Waals surface area contributed by atoms with E-state index in [0.717, 1.165) is 44.2 Å². The predicted molar refractivity (Wildman–Crippen MR) is 137 cm³/mol. The van der Waals surface area contributed by atoms with Gasteiger partial charge in [0.05, 0.1) is 11.8 Å². The maximum Gasteiger partial charge on any atom is 0.436 e. The number of carbonyl (C=O) groups is 1. The number of aliphatic hydroxyl groups excluding tert-OH is 1. The van der Waals surface area contributed by atoms with Crippen molar-refractivity contribution in [1.82, 2.24) is 10.2 Å². The van der Waals surface area contributed by atoms with E-state index in [1.165, 1.54) is 19.3 Å². The number of fused-ring (bicyclic) bond motifs is 5. The molecule has 0 heterocycles. The Kier molecular flexibility index (Phi) is 8.54. The lowest BCUT2D eigenvalue weighted by Crippen LogP contribution is -2.54. The van der Waals surface area contributed by atoms with E-state index in [0.29, 0.717) is 40.5 Å². The molecule has 0 aromatic carbocycles. The number of likely N-dealkylation sites (N-methyl/N-ethyl adjacent to an activating group) is 1. The van der Waals surface area contributed by atoms with Crippen molar-refractivity contribution in [3.05, 3.63) is 0 Å². The number of halogens is 3. The average molecular weight is 530 g/mol. The van der Waals surface area contributed by atoms with Crippen molar-refractivity contribution in [3.63, 3.8) is 0 Å². The fourth-order valence-corrected chi connectivity index (χ4v) is 9.00. The van der Waals surface area contributed by atoms with Gasteiger partial charge in [0.1, 0.15) is 6.54 Å². The predicted octanol–water partition coefficient (Wildman–Crippen LogP) is 5.99. The standard InChI is InChI=1S/C28H46F3N3O3/c1-5-32-14-15-34(17-28(29,30)31)25(36)37-33-18(2)22-8-9-23-21-7-6-19-16-20(35)10-12-26(19,3)24(21)11-13-27(22,23)4/h19-24,32,35H,5-17H2,1-4H3/b33-18+/t19-,20+,21-,22+,23-,24-,26-,27+/m0/s1. The lowest BCUT2D eigenvalue weighted by molar-refractivity contribution is -0.142. The molecule has 0 saturated heterocycles. The number of alkyl halides is 3. The minimum atomic E-state index is -4.50. The maximum atomic E-state index is 13.0. The molecule has 6 nitrogen and oxygen atoms in total. The summed E-state index contributed by atoms with van der Waals surface area (Å²) in [5.41, 5.74) is 1.10. The molecule has 0 aromatic rings. The van der Waals surface area contributed by atoms with Gasteiger partial charge < -0.3 is 10.4 Å². The van der Waals surface area contributed by atoms with E-state index >= 15 is 0 Å². The number of carbonyl (C=O) groups excluding carboxylic acids is 1. The third-order valence-corrected chi connectivity index (χ3v) is 10.8. The number of hydrogen-bond acceptors (Lipinski definition) is 5. The third kappa shape index (κ3) is 5.82. The lowest BCUT2D eigenvalue weighted by atomic mass is 9.44. The molecule has 0 unspecified atom stereocenters. The van der Waals surface area contributed by atoms with E-state index in [1.54, 1.807) is 0 Å². The molecule has 8 atom stereocenters. The molecule has 212 valence electrons. The van der Waals surface area contributed by atoms with Crippen LogP contribution in [0.25, 0.3) is 0 Å². The van der Waals surface area contributed by atoms with Crippen LogP contribution in [0.15, 0.2) is 5.16 Å². The summed E-state index contributed by atoms with van der Waals surface area (Å²) >= 11 is 0. The van der Waals surface area contributed by atoms with Crippen LogP contribution in [0, 0.1) is 40.4 Å². The minimum Gasteiger partial charge on any atom is -0.393 e. The van der Waals surface area contributed by atoms with E-state index in [4.69, 9.17) is 4.84 Å². The summed E-state index contributed by atoms with van der Waals surface area (Å²) in [4.78, 5) is 18.3. The summed E-state index contributed by atoms with van der Waals surface area (Å²) < 4.78 is 39.1. The zero-order valence-corrected chi connectivity index (χ0v) is 22.9. The van der Waals surface area contributed by atoms with Crippen LogP contribution < -0.4 is 5.32 Å². The van der Waals surface area contributed by atoms with Crippen LogP contribution in [0.5, 0.6) is 0 Å². The number of amides is 1. The van der Waals surface area contributed by atoms with Gasteiger partial charge in [-0.1, -0.05) is 25.9 Å². The molecule has 4 aliphatic carbocycles. The van der Waals surface area contributed by atoms with Crippen molar-refractivity contribution in [2.45, 2.75) is 97.8 Å². The Bertz CT molecular complexity index is 852. The molecule has 1 amide bonds. The second kappa shape index (κ2) is 11.0. The first-order valence-corrected chi connectivity index (χ1v) is 14.3. The fraction of sp³-hybridized carbons (Fsp3) is 0.929. The monoisotopic (exact) mass is 529 g/mol. The van der Waals surface area contributed by atoms with Gasteiger partial charge in [0, 0.05) is 19.0 Å². The van der Waals surface area contributed by atoms with Gasteiger partial charge in [0.25, 0.3) is 0 Å². The Morgan fingerprint density at radius 2 is 1.78 bits per heavy atom. The van der Waals surface area contributed by atoms with Gasteiger partial charge in [-0.25, -0.2) is 4.79 Å². The van der Waals surface area contributed by atoms with Crippen LogP contribution in [0.2, 0.25) is 0 Å². The summed E-state index contributed by atoms with van der Waals surface area (Å²) in [7, 11) is 0. The van der Waals surface area contributed by atoms with Crippen molar-refractivity contribution >= 4 is 11.8 Å². The number of aliphatic hydroxyl groups is 1. The SMILES string of the molecule is CCNCCN(CC(F)(F)F)C(=O)O/N=C(\C)[C@H]1CC[C@H]2[C@@H]3CC[C@H]4C[C@H](O)CC[C@]4(C)[C@H]3CC[C@]12C. The van der Waals surface area contributed by atoms with Crippen molar-refractivity contribution in [3.8, 4) is 0 Å². The number of nitrogens with one attached hydrogen (secondary N) is 1. The fourth-order valence-electron chi connectivity index (χ4n) is 9.00. The van der Waals surface area contributed by atoms with Crippen molar-refractivity contribution < 1.29 is 27.9 Å². The molecule has 4 saturated carbocycles. The second-order valence-corrected chi connectivity index (χ2v) is 12.7. The van der Waals surface area contributed by atoms with Gasteiger partial charge in [-0.2, -0.15) is 13.2 Å². The Labute approximate surface area is 219 Å². The Morgan fingerprint density at radius 3 is 2.49 bits per heavy atom. The van der Waals surface area contributed by atoms with E-state index < -0.39 is 18.8 Å². The molecule has 0 radical (unpaired) electrons. The van der Waals surface area contributed by atoms with Gasteiger partial charge in [-0.15, -0.1) is 0 Å². The van der Waals surface area contributed by atoms with E-state index in [-0.39, 0.29) is 30.5 Å². The largest absolute Gasteiger partial charge is 0.436 e. The van der Waals surface area contributed by atoms with Gasteiger partial charge in [0.2, 0.25) is 0 Å². The molecule has 4 rings (SSSR count).